The Balaban J connectivity index is 1.61. The van der Waals surface area contributed by atoms with Gasteiger partial charge in [-0.15, -0.1) is 5.10 Å². The van der Waals surface area contributed by atoms with Gasteiger partial charge in [-0.25, -0.2) is 14.1 Å². The van der Waals surface area contributed by atoms with Crippen molar-refractivity contribution in [1.82, 2.24) is 24.6 Å². The standard InChI is InChI=1S/C22H19Cl2FN6O2/c1-3-33-12-9-30(10-12)22(32)20-28-21-11(2)27-19(18-14(25)5-4-8-26-18)16-15(31(21)29-20)7-6-13(23)17(16)24/h4-8,11-12H,3,9-10H2,1-2H3/t11-/m0/s1. The van der Waals surface area contributed by atoms with Crippen LogP contribution < -0.4 is 0 Å². The van der Waals surface area contributed by atoms with Crippen LogP contribution in [0.15, 0.2) is 35.5 Å². The van der Waals surface area contributed by atoms with E-state index in [2.05, 4.69) is 20.1 Å². The van der Waals surface area contributed by atoms with E-state index in [1.54, 1.807) is 24.0 Å². The molecule has 0 aliphatic carbocycles. The molecule has 1 fully saturated rings. The summed E-state index contributed by atoms with van der Waals surface area (Å²) in [4.78, 5) is 27.9. The first-order valence-corrected chi connectivity index (χ1v) is 11.2. The number of aromatic nitrogens is 4. The van der Waals surface area contributed by atoms with Gasteiger partial charge in [0.2, 0.25) is 5.82 Å². The molecule has 2 aliphatic heterocycles. The molecule has 2 aromatic heterocycles. The van der Waals surface area contributed by atoms with Gasteiger partial charge in [0.1, 0.15) is 11.7 Å². The van der Waals surface area contributed by atoms with Gasteiger partial charge in [0.05, 0.1) is 27.5 Å². The Morgan fingerprint density at radius 2 is 2.06 bits per heavy atom. The van der Waals surface area contributed by atoms with Crippen LogP contribution in [-0.2, 0) is 4.74 Å². The van der Waals surface area contributed by atoms with E-state index in [1.807, 2.05) is 6.92 Å². The molecule has 0 saturated carbocycles. The second-order valence-electron chi connectivity index (χ2n) is 7.74. The molecule has 11 heteroatoms. The van der Waals surface area contributed by atoms with E-state index in [0.29, 0.717) is 36.8 Å². The first kappa shape index (κ1) is 21.9. The quantitative estimate of drug-likeness (QED) is 0.556. The normalized spacial score (nSPS) is 17.7. The van der Waals surface area contributed by atoms with Gasteiger partial charge >= 0.3 is 0 Å². The van der Waals surface area contributed by atoms with Gasteiger partial charge in [-0.05, 0) is 38.1 Å². The fourth-order valence-electron chi connectivity index (χ4n) is 3.95. The SMILES string of the molecule is CCOC1CN(C(=O)c2nc3n(n2)-c2ccc(Cl)c(Cl)c2C(c2ncccc2F)=N[C@H]3C)C1. The van der Waals surface area contributed by atoms with E-state index in [4.69, 9.17) is 27.9 Å². The number of hydrogen-bond donors (Lipinski definition) is 0. The number of aliphatic imine (C=N–C) groups is 1. The molecular weight excluding hydrogens is 470 g/mol. The summed E-state index contributed by atoms with van der Waals surface area (Å²) in [5.74, 6) is -0.367. The Hall–Kier alpha value is -2.88. The number of ether oxygens (including phenoxy) is 1. The van der Waals surface area contributed by atoms with Crippen molar-refractivity contribution in [2.75, 3.05) is 19.7 Å². The summed E-state index contributed by atoms with van der Waals surface area (Å²) in [7, 11) is 0. The highest BCUT2D eigenvalue weighted by Gasteiger charge is 2.36. The van der Waals surface area contributed by atoms with Gasteiger partial charge in [-0.2, -0.15) is 0 Å². The number of nitrogens with zero attached hydrogens (tertiary/aromatic N) is 6. The average Bonchev–Trinajstić information content (AvgIpc) is 3.17. The Bertz CT molecular complexity index is 1290. The van der Waals surface area contributed by atoms with Gasteiger partial charge in [-0.1, -0.05) is 23.2 Å². The zero-order valence-corrected chi connectivity index (χ0v) is 19.3. The minimum Gasteiger partial charge on any atom is -0.375 e. The van der Waals surface area contributed by atoms with Crippen molar-refractivity contribution in [2.45, 2.75) is 26.0 Å². The molecule has 170 valence electrons. The monoisotopic (exact) mass is 488 g/mol. The van der Waals surface area contributed by atoms with E-state index >= 15 is 0 Å². The van der Waals surface area contributed by atoms with Crippen LogP contribution >= 0.6 is 23.2 Å². The molecule has 1 atom stereocenters. The van der Waals surface area contributed by atoms with E-state index < -0.39 is 11.9 Å². The van der Waals surface area contributed by atoms with Crippen molar-refractivity contribution in [3.05, 3.63) is 69.2 Å². The fraction of sp³-hybridized carbons (Fsp3) is 0.318. The molecule has 0 radical (unpaired) electrons. The molecule has 8 nitrogen and oxygen atoms in total. The van der Waals surface area contributed by atoms with Crippen LogP contribution in [-0.4, -0.2) is 62.1 Å². The van der Waals surface area contributed by atoms with Crippen molar-refractivity contribution >= 4 is 34.8 Å². The van der Waals surface area contributed by atoms with Crippen LogP contribution in [0.2, 0.25) is 10.0 Å². The molecule has 1 amide bonds. The third-order valence-electron chi connectivity index (χ3n) is 5.58. The Labute approximate surface area is 199 Å². The summed E-state index contributed by atoms with van der Waals surface area (Å²) in [5, 5.41) is 4.94. The molecule has 4 heterocycles. The Morgan fingerprint density at radius 1 is 1.27 bits per heavy atom. The van der Waals surface area contributed by atoms with Crippen molar-refractivity contribution in [1.29, 1.82) is 0 Å². The molecule has 1 saturated heterocycles. The first-order valence-electron chi connectivity index (χ1n) is 10.4. The molecule has 3 aromatic rings. The maximum atomic E-state index is 14.7. The molecule has 5 rings (SSSR count). The average molecular weight is 489 g/mol. The predicted molar refractivity (Wildman–Crippen MR) is 121 cm³/mol. The van der Waals surface area contributed by atoms with Gasteiger partial charge < -0.3 is 9.64 Å². The van der Waals surface area contributed by atoms with Crippen LogP contribution in [0.5, 0.6) is 0 Å². The van der Waals surface area contributed by atoms with E-state index in [-0.39, 0.29) is 39.3 Å². The van der Waals surface area contributed by atoms with E-state index in [1.165, 1.54) is 23.0 Å². The highest BCUT2D eigenvalue weighted by Crippen LogP contribution is 2.37. The Kier molecular flexibility index (Phi) is 5.64. The van der Waals surface area contributed by atoms with Gasteiger partial charge in [0, 0.05) is 31.5 Å². The minimum atomic E-state index is -0.565. The summed E-state index contributed by atoms with van der Waals surface area (Å²) < 4.78 is 21.7. The second kappa shape index (κ2) is 8.48. The molecular formula is C22H19Cl2FN6O2. The van der Waals surface area contributed by atoms with E-state index in [9.17, 15) is 9.18 Å². The van der Waals surface area contributed by atoms with Crippen LogP contribution in [0, 0.1) is 5.82 Å². The molecule has 0 unspecified atom stereocenters. The third-order valence-corrected chi connectivity index (χ3v) is 6.38. The molecule has 0 N–H and O–H groups in total. The van der Waals surface area contributed by atoms with E-state index in [0.717, 1.165) is 0 Å². The number of benzene rings is 1. The minimum absolute atomic E-state index is 0.0282. The van der Waals surface area contributed by atoms with Gasteiger partial charge in [0.25, 0.3) is 5.91 Å². The van der Waals surface area contributed by atoms with Gasteiger partial charge in [0.15, 0.2) is 11.6 Å². The molecule has 0 spiro atoms. The summed E-state index contributed by atoms with van der Waals surface area (Å²) in [5.41, 5.74) is 1.14. The Morgan fingerprint density at radius 3 is 2.79 bits per heavy atom. The largest absolute Gasteiger partial charge is 0.375 e. The zero-order chi connectivity index (χ0) is 23.3. The maximum absolute atomic E-state index is 14.7. The number of carbonyl (C=O) groups is 1. The number of pyridine rings is 1. The van der Waals surface area contributed by atoms with Crippen LogP contribution in [0.25, 0.3) is 5.69 Å². The number of likely N-dealkylation sites (tertiary alicyclic amines) is 1. The summed E-state index contributed by atoms with van der Waals surface area (Å²) in [6.45, 7) is 5.28. The van der Waals surface area contributed by atoms with Crippen LogP contribution in [0.1, 0.15) is 47.6 Å². The van der Waals surface area contributed by atoms with Crippen molar-refractivity contribution < 1.29 is 13.9 Å². The first-order chi connectivity index (χ1) is 15.9. The number of carbonyl (C=O) groups excluding carboxylic acids is 1. The summed E-state index contributed by atoms with van der Waals surface area (Å²) >= 11 is 12.9. The lowest BCUT2D eigenvalue weighted by atomic mass is 10.0. The topological polar surface area (TPSA) is 85.5 Å². The number of amides is 1. The van der Waals surface area contributed by atoms with Crippen molar-refractivity contribution in [3.8, 4) is 5.69 Å². The third kappa shape index (κ3) is 3.70. The highest BCUT2D eigenvalue weighted by atomic mass is 35.5. The summed E-state index contributed by atoms with van der Waals surface area (Å²) in [6, 6.07) is 5.54. The number of hydrogen-bond acceptors (Lipinski definition) is 6. The lowest BCUT2D eigenvalue weighted by molar-refractivity contribution is -0.0382. The fourth-order valence-corrected chi connectivity index (χ4v) is 4.35. The predicted octanol–water partition coefficient (Wildman–Crippen LogP) is 3.88. The van der Waals surface area contributed by atoms with Crippen LogP contribution in [0.3, 0.4) is 0 Å². The molecule has 1 aromatic carbocycles. The van der Waals surface area contributed by atoms with Crippen molar-refractivity contribution in [2.24, 2.45) is 4.99 Å². The molecule has 0 bridgehead atoms. The zero-order valence-electron chi connectivity index (χ0n) is 17.8. The lowest BCUT2D eigenvalue weighted by Crippen LogP contribution is -2.55. The number of halogens is 3. The van der Waals surface area contributed by atoms with Gasteiger partial charge in [-0.3, -0.25) is 14.8 Å². The lowest BCUT2D eigenvalue weighted by Gasteiger charge is -2.37. The number of rotatable bonds is 4. The molecule has 33 heavy (non-hydrogen) atoms. The molecule has 2 aliphatic rings. The second-order valence-corrected chi connectivity index (χ2v) is 8.52. The summed E-state index contributed by atoms with van der Waals surface area (Å²) in [6.07, 6.45) is 1.51. The number of fused-ring (bicyclic) bond motifs is 3. The van der Waals surface area contributed by atoms with Crippen molar-refractivity contribution in [3.63, 3.8) is 0 Å². The van der Waals surface area contributed by atoms with Crippen LogP contribution in [0.4, 0.5) is 4.39 Å². The maximum Gasteiger partial charge on any atom is 0.293 e. The smallest absolute Gasteiger partial charge is 0.293 e. The highest BCUT2D eigenvalue weighted by molar-refractivity contribution is 6.45.